The quantitative estimate of drug-likeness (QED) is 0.848. The smallest absolute Gasteiger partial charge is 0.0950 e. The molecule has 0 aromatic carbocycles. The van der Waals surface area contributed by atoms with Gasteiger partial charge in [0, 0.05) is 30.9 Å². The first-order valence-electron chi connectivity index (χ1n) is 6.49. The van der Waals surface area contributed by atoms with E-state index < -0.39 is 0 Å². The van der Waals surface area contributed by atoms with Crippen molar-refractivity contribution in [2.24, 2.45) is 5.73 Å². The van der Waals surface area contributed by atoms with Crippen molar-refractivity contribution in [1.82, 2.24) is 19.3 Å². The first-order chi connectivity index (χ1) is 8.70. The van der Waals surface area contributed by atoms with Crippen LogP contribution in [0.25, 0.3) is 11.3 Å². The number of hydrogen-bond donors (Lipinski definition) is 1. The second-order valence-electron chi connectivity index (χ2n) is 4.73. The van der Waals surface area contributed by atoms with Crippen molar-refractivity contribution in [3.05, 3.63) is 24.9 Å². The molecule has 2 aromatic rings. The molecule has 0 fully saturated rings. The predicted octanol–water partition coefficient (Wildman–Crippen LogP) is 1.89. The Bertz CT molecular complexity index is 483. The van der Waals surface area contributed by atoms with Gasteiger partial charge in [-0.2, -0.15) is 5.10 Å². The first-order valence-corrected chi connectivity index (χ1v) is 6.49. The van der Waals surface area contributed by atoms with E-state index in [1.54, 1.807) is 0 Å². The lowest BCUT2D eigenvalue weighted by atomic mass is 10.2. The summed E-state index contributed by atoms with van der Waals surface area (Å²) < 4.78 is 4.11. The van der Waals surface area contributed by atoms with E-state index >= 15 is 0 Å². The molecule has 0 aliphatic heterocycles. The van der Waals surface area contributed by atoms with Gasteiger partial charge in [-0.3, -0.25) is 4.68 Å². The maximum atomic E-state index is 5.79. The van der Waals surface area contributed by atoms with E-state index in [0.29, 0.717) is 0 Å². The summed E-state index contributed by atoms with van der Waals surface area (Å²) in [6, 6.07) is 0.211. The minimum atomic E-state index is 0.211. The van der Waals surface area contributed by atoms with Crippen LogP contribution in [0.4, 0.5) is 0 Å². The summed E-state index contributed by atoms with van der Waals surface area (Å²) in [5, 5.41) is 4.35. The second kappa shape index (κ2) is 5.82. The molecule has 1 atom stereocenters. The van der Waals surface area contributed by atoms with Crippen LogP contribution in [0, 0.1) is 0 Å². The Hall–Kier alpha value is -1.62. The standard InChI is InChI=1S/C13H21N5/c1-3-5-18-9-12(7-16-18)13-8-15-10-17(13)6-4-11(2)14/h7-11H,3-6,14H2,1-2H3. The third-order valence-corrected chi connectivity index (χ3v) is 2.92. The highest BCUT2D eigenvalue weighted by atomic mass is 15.3. The van der Waals surface area contributed by atoms with E-state index in [2.05, 4.69) is 27.8 Å². The lowest BCUT2D eigenvalue weighted by Gasteiger charge is -2.08. The summed E-state index contributed by atoms with van der Waals surface area (Å²) in [4.78, 5) is 4.22. The van der Waals surface area contributed by atoms with Gasteiger partial charge in [0.25, 0.3) is 0 Å². The summed E-state index contributed by atoms with van der Waals surface area (Å²) in [5.41, 5.74) is 8.02. The average Bonchev–Trinajstić information content (AvgIpc) is 2.94. The zero-order valence-electron chi connectivity index (χ0n) is 11.1. The fourth-order valence-corrected chi connectivity index (χ4v) is 1.93. The first kappa shape index (κ1) is 12.8. The van der Waals surface area contributed by atoms with Gasteiger partial charge in [0.1, 0.15) is 0 Å². The monoisotopic (exact) mass is 247 g/mol. The number of imidazole rings is 1. The van der Waals surface area contributed by atoms with Crippen molar-refractivity contribution >= 4 is 0 Å². The maximum absolute atomic E-state index is 5.79. The molecule has 0 spiro atoms. The van der Waals surface area contributed by atoms with Gasteiger partial charge in [-0.05, 0) is 19.8 Å². The van der Waals surface area contributed by atoms with Crippen molar-refractivity contribution < 1.29 is 0 Å². The molecule has 5 heteroatoms. The molecule has 0 bridgehead atoms. The molecular formula is C13H21N5. The highest BCUT2D eigenvalue weighted by Crippen LogP contribution is 2.18. The summed E-state index contributed by atoms with van der Waals surface area (Å²) in [6.07, 6.45) is 9.75. The number of nitrogens with two attached hydrogens (primary N) is 1. The molecule has 0 radical (unpaired) electrons. The van der Waals surface area contributed by atoms with Crippen LogP contribution >= 0.6 is 0 Å². The van der Waals surface area contributed by atoms with Crippen LogP contribution in [0.15, 0.2) is 24.9 Å². The molecule has 2 aromatic heterocycles. The van der Waals surface area contributed by atoms with Gasteiger partial charge in [0.05, 0.1) is 24.4 Å². The molecular weight excluding hydrogens is 226 g/mol. The lowest BCUT2D eigenvalue weighted by molar-refractivity contribution is 0.573. The minimum absolute atomic E-state index is 0.211. The highest BCUT2D eigenvalue weighted by Gasteiger charge is 2.08. The minimum Gasteiger partial charge on any atom is -0.330 e. The van der Waals surface area contributed by atoms with Gasteiger partial charge >= 0.3 is 0 Å². The van der Waals surface area contributed by atoms with Gasteiger partial charge in [0.2, 0.25) is 0 Å². The molecule has 2 N–H and O–H groups in total. The number of aromatic nitrogens is 4. The lowest BCUT2D eigenvalue weighted by Crippen LogP contribution is -2.17. The topological polar surface area (TPSA) is 61.7 Å². The van der Waals surface area contributed by atoms with Crippen molar-refractivity contribution in [3.8, 4) is 11.3 Å². The van der Waals surface area contributed by atoms with E-state index in [0.717, 1.165) is 37.2 Å². The average molecular weight is 247 g/mol. The number of rotatable bonds is 6. The van der Waals surface area contributed by atoms with Crippen LogP contribution in [-0.2, 0) is 13.1 Å². The molecule has 2 heterocycles. The van der Waals surface area contributed by atoms with E-state index in [9.17, 15) is 0 Å². The summed E-state index contributed by atoms with van der Waals surface area (Å²) in [6.45, 7) is 6.02. The number of hydrogen-bond acceptors (Lipinski definition) is 3. The molecule has 98 valence electrons. The highest BCUT2D eigenvalue weighted by molar-refractivity contribution is 5.56. The van der Waals surface area contributed by atoms with Crippen LogP contribution < -0.4 is 5.73 Å². The maximum Gasteiger partial charge on any atom is 0.0950 e. The largest absolute Gasteiger partial charge is 0.330 e. The van der Waals surface area contributed by atoms with Crippen LogP contribution in [0.1, 0.15) is 26.7 Å². The van der Waals surface area contributed by atoms with Crippen LogP contribution in [0.5, 0.6) is 0 Å². The number of aryl methyl sites for hydroxylation is 2. The van der Waals surface area contributed by atoms with Crippen molar-refractivity contribution in [2.75, 3.05) is 0 Å². The Labute approximate surface area is 108 Å². The molecule has 0 saturated heterocycles. The van der Waals surface area contributed by atoms with E-state index in [1.807, 2.05) is 30.3 Å². The molecule has 0 saturated carbocycles. The predicted molar refractivity (Wildman–Crippen MR) is 72.0 cm³/mol. The molecule has 0 aliphatic carbocycles. The summed E-state index contributed by atoms with van der Waals surface area (Å²) >= 11 is 0. The molecule has 2 rings (SSSR count). The summed E-state index contributed by atoms with van der Waals surface area (Å²) in [5.74, 6) is 0. The second-order valence-corrected chi connectivity index (χ2v) is 4.73. The fourth-order valence-electron chi connectivity index (χ4n) is 1.93. The van der Waals surface area contributed by atoms with Crippen molar-refractivity contribution in [3.63, 3.8) is 0 Å². The molecule has 0 amide bonds. The van der Waals surface area contributed by atoms with Gasteiger partial charge in [0.15, 0.2) is 0 Å². The van der Waals surface area contributed by atoms with Crippen LogP contribution in [-0.4, -0.2) is 25.4 Å². The number of nitrogens with zero attached hydrogens (tertiary/aromatic N) is 4. The Kier molecular flexibility index (Phi) is 4.15. The zero-order chi connectivity index (χ0) is 13.0. The van der Waals surface area contributed by atoms with E-state index in [-0.39, 0.29) is 6.04 Å². The normalized spacial score (nSPS) is 12.8. The SMILES string of the molecule is CCCn1cc(-c2cncn2CCC(C)N)cn1. The molecule has 0 aliphatic rings. The van der Waals surface area contributed by atoms with Gasteiger partial charge < -0.3 is 10.3 Å². The van der Waals surface area contributed by atoms with Crippen molar-refractivity contribution in [1.29, 1.82) is 0 Å². The van der Waals surface area contributed by atoms with E-state index in [4.69, 9.17) is 5.73 Å². The van der Waals surface area contributed by atoms with Gasteiger partial charge in [-0.25, -0.2) is 4.98 Å². The van der Waals surface area contributed by atoms with Gasteiger partial charge in [-0.1, -0.05) is 6.92 Å². The van der Waals surface area contributed by atoms with Gasteiger partial charge in [-0.15, -0.1) is 0 Å². The zero-order valence-corrected chi connectivity index (χ0v) is 11.1. The van der Waals surface area contributed by atoms with Crippen LogP contribution in [0.2, 0.25) is 0 Å². The molecule has 18 heavy (non-hydrogen) atoms. The van der Waals surface area contributed by atoms with E-state index in [1.165, 1.54) is 0 Å². The Morgan fingerprint density at radius 3 is 2.89 bits per heavy atom. The Morgan fingerprint density at radius 2 is 2.17 bits per heavy atom. The Balaban J connectivity index is 2.14. The Morgan fingerprint density at radius 1 is 1.33 bits per heavy atom. The van der Waals surface area contributed by atoms with Crippen molar-refractivity contribution in [2.45, 2.75) is 45.8 Å². The third kappa shape index (κ3) is 2.98. The van der Waals surface area contributed by atoms with Crippen LogP contribution in [0.3, 0.4) is 0 Å². The molecule has 1 unspecified atom stereocenters. The third-order valence-electron chi connectivity index (χ3n) is 2.92. The molecule has 5 nitrogen and oxygen atoms in total. The fraction of sp³-hybridized carbons (Fsp3) is 0.538. The summed E-state index contributed by atoms with van der Waals surface area (Å²) in [7, 11) is 0.